The van der Waals surface area contributed by atoms with Gasteiger partial charge in [0.2, 0.25) is 5.88 Å². The minimum Gasteiger partial charge on any atom is -0.494 e. The molecular weight excluding hydrogens is 392 g/mol. The molecule has 0 unspecified atom stereocenters. The maximum absolute atomic E-state index is 12.6. The Morgan fingerprint density at radius 1 is 1.10 bits per heavy atom. The summed E-state index contributed by atoms with van der Waals surface area (Å²) in [7, 11) is 0. The molecule has 0 spiro atoms. The fraction of sp³-hybridized carbons (Fsp3) is 0.375. The predicted octanol–water partition coefficient (Wildman–Crippen LogP) is 4.88. The molecule has 7 heteroatoms. The number of nitrogens with zero attached hydrogens (tertiary/aromatic N) is 3. The number of urea groups is 1. The summed E-state index contributed by atoms with van der Waals surface area (Å²) in [6, 6.07) is 15.1. The Bertz CT molecular complexity index is 1000. The number of hydrogen-bond acceptors (Lipinski definition) is 5. The number of carbonyl (C=O) groups excluding carboxylic acids is 1. The lowest BCUT2D eigenvalue weighted by Crippen LogP contribution is -2.43. The van der Waals surface area contributed by atoms with Gasteiger partial charge in [-0.05, 0) is 42.8 Å². The molecule has 31 heavy (non-hydrogen) atoms. The van der Waals surface area contributed by atoms with Gasteiger partial charge >= 0.3 is 6.03 Å². The third kappa shape index (κ3) is 5.63. The Balaban J connectivity index is 1.24. The Morgan fingerprint density at radius 2 is 1.84 bits per heavy atom. The normalized spacial score (nSPS) is 14.4. The average molecular weight is 421 g/mol. The molecule has 1 fully saturated rings. The topological polar surface area (TPSA) is 76.6 Å². The maximum atomic E-state index is 12.6. The zero-order valence-corrected chi connectivity index (χ0v) is 17.8. The molecule has 4 rings (SSSR count). The van der Waals surface area contributed by atoms with Crippen molar-refractivity contribution in [1.82, 2.24) is 14.9 Å². The number of carbonyl (C=O) groups is 1. The van der Waals surface area contributed by atoms with Gasteiger partial charge in [-0.25, -0.2) is 14.8 Å². The van der Waals surface area contributed by atoms with Crippen LogP contribution >= 0.6 is 0 Å². The van der Waals surface area contributed by atoms with Crippen molar-refractivity contribution in [3.8, 4) is 11.6 Å². The van der Waals surface area contributed by atoms with Gasteiger partial charge in [-0.15, -0.1) is 0 Å². The number of nitrogens with one attached hydrogen (secondary N) is 1. The number of aromatic nitrogens is 2. The summed E-state index contributed by atoms with van der Waals surface area (Å²) in [5.41, 5.74) is 2.43. The Hall–Kier alpha value is -3.35. The van der Waals surface area contributed by atoms with E-state index in [2.05, 4.69) is 22.2 Å². The molecule has 0 saturated carbocycles. The number of piperidine rings is 1. The van der Waals surface area contributed by atoms with Crippen LogP contribution in [-0.2, 0) is 0 Å². The molecule has 162 valence electrons. The molecule has 1 aliphatic rings. The van der Waals surface area contributed by atoms with Crippen LogP contribution in [0.4, 0.5) is 10.5 Å². The van der Waals surface area contributed by atoms with E-state index in [1.165, 1.54) is 0 Å². The number of ether oxygens (including phenoxy) is 2. The number of likely N-dealkylation sites (tertiary alicyclic amines) is 1. The van der Waals surface area contributed by atoms with Gasteiger partial charge in [0.1, 0.15) is 11.9 Å². The summed E-state index contributed by atoms with van der Waals surface area (Å²) >= 11 is 0. The van der Waals surface area contributed by atoms with Crippen LogP contribution in [0.15, 0.2) is 54.7 Å². The molecule has 7 nitrogen and oxygen atoms in total. The van der Waals surface area contributed by atoms with Gasteiger partial charge in [0, 0.05) is 31.6 Å². The van der Waals surface area contributed by atoms with E-state index in [4.69, 9.17) is 9.47 Å². The van der Waals surface area contributed by atoms with E-state index in [0.717, 1.165) is 48.2 Å². The lowest BCUT2D eigenvalue weighted by atomic mass is 10.1. The highest BCUT2D eigenvalue weighted by molar-refractivity contribution is 5.89. The first-order chi connectivity index (χ1) is 15.2. The van der Waals surface area contributed by atoms with Crippen molar-refractivity contribution in [2.45, 2.75) is 38.7 Å². The van der Waals surface area contributed by atoms with Crippen LogP contribution in [0.5, 0.6) is 11.6 Å². The summed E-state index contributed by atoms with van der Waals surface area (Å²) in [6.45, 7) is 4.11. The van der Waals surface area contributed by atoms with Crippen molar-refractivity contribution in [2.75, 3.05) is 25.0 Å². The molecular formula is C24H28N4O3. The van der Waals surface area contributed by atoms with Crippen LogP contribution in [0.3, 0.4) is 0 Å². The molecule has 2 amide bonds. The van der Waals surface area contributed by atoms with Crippen molar-refractivity contribution < 1.29 is 14.3 Å². The van der Waals surface area contributed by atoms with E-state index in [1.807, 2.05) is 53.4 Å². The monoisotopic (exact) mass is 420 g/mol. The van der Waals surface area contributed by atoms with E-state index >= 15 is 0 Å². The lowest BCUT2D eigenvalue weighted by Gasteiger charge is -2.31. The zero-order chi connectivity index (χ0) is 21.5. The van der Waals surface area contributed by atoms with E-state index in [9.17, 15) is 4.79 Å². The van der Waals surface area contributed by atoms with Gasteiger partial charge in [0.15, 0.2) is 0 Å². The number of unbranched alkanes of at least 4 members (excludes halogenated alkanes) is 1. The molecule has 0 aliphatic carbocycles. The first-order valence-electron chi connectivity index (χ1n) is 10.9. The molecule has 0 atom stereocenters. The average Bonchev–Trinajstić information content (AvgIpc) is 2.81. The van der Waals surface area contributed by atoms with Gasteiger partial charge < -0.3 is 19.7 Å². The van der Waals surface area contributed by atoms with E-state index in [-0.39, 0.29) is 12.1 Å². The minimum atomic E-state index is -0.0939. The fourth-order valence-electron chi connectivity index (χ4n) is 3.52. The summed E-state index contributed by atoms with van der Waals surface area (Å²) in [5, 5.41) is 2.96. The molecule has 1 N–H and O–H groups in total. The Kier molecular flexibility index (Phi) is 6.82. The van der Waals surface area contributed by atoms with Crippen molar-refractivity contribution in [2.24, 2.45) is 0 Å². The number of benzene rings is 2. The lowest BCUT2D eigenvalue weighted by molar-refractivity contribution is 0.111. The number of para-hydroxylation sites is 2. The van der Waals surface area contributed by atoms with Gasteiger partial charge in [0.25, 0.3) is 0 Å². The van der Waals surface area contributed by atoms with Crippen LogP contribution in [0.1, 0.15) is 32.6 Å². The Morgan fingerprint density at radius 3 is 2.58 bits per heavy atom. The largest absolute Gasteiger partial charge is 0.494 e. The van der Waals surface area contributed by atoms with E-state index in [1.54, 1.807) is 6.20 Å². The third-order valence-electron chi connectivity index (χ3n) is 5.32. The molecule has 2 aromatic carbocycles. The Labute approximate surface area is 182 Å². The number of anilines is 1. The highest BCUT2D eigenvalue weighted by Gasteiger charge is 2.24. The number of rotatable bonds is 7. The van der Waals surface area contributed by atoms with Crippen molar-refractivity contribution in [1.29, 1.82) is 0 Å². The molecule has 3 aromatic rings. The molecule has 1 aliphatic heterocycles. The minimum absolute atomic E-state index is 0.0269. The number of amides is 2. The van der Waals surface area contributed by atoms with Crippen molar-refractivity contribution in [3.63, 3.8) is 0 Å². The van der Waals surface area contributed by atoms with Crippen LogP contribution < -0.4 is 14.8 Å². The molecule has 0 radical (unpaired) electrons. The molecule has 1 aromatic heterocycles. The quantitative estimate of drug-likeness (QED) is 0.551. The molecule has 0 bridgehead atoms. The summed E-state index contributed by atoms with van der Waals surface area (Å²) < 4.78 is 11.7. The molecule has 2 heterocycles. The van der Waals surface area contributed by atoms with E-state index in [0.29, 0.717) is 25.6 Å². The predicted molar refractivity (Wildman–Crippen MR) is 121 cm³/mol. The van der Waals surface area contributed by atoms with E-state index < -0.39 is 0 Å². The second-order valence-corrected chi connectivity index (χ2v) is 7.66. The maximum Gasteiger partial charge on any atom is 0.321 e. The summed E-state index contributed by atoms with van der Waals surface area (Å²) in [4.78, 5) is 23.3. The highest BCUT2D eigenvalue weighted by atomic mass is 16.5. The second-order valence-electron chi connectivity index (χ2n) is 7.66. The summed E-state index contributed by atoms with van der Waals surface area (Å²) in [5.74, 6) is 1.35. The van der Waals surface area contributed by atoms with Gasteiger partial charge in [0.05, 0.1) is 23.8 Å². The second kappa shape index (κ2) is 10.1. The summed E-state index contributed by atoms with van der Waals surface area (Å²) in [6.07, 6.45) is 5.34. The van der Waals surface area contributed by atoms with Crippen LogP contribution in [0, 0.1) is 0 Å². The zero-order valence-electron chi connectivity index (χ0n) is 17.8. The van der Waals surface area contributed by atoms with Gasteiger partial charge in [-0.2, -0.15) is 0 Å². The van der Waals surface area contributed by atoms with Crippen LogP contribution in [0.2, 0.25) is 0 Å². The number of fused-ring (bicyclic) bond motifs is 1. The van der Waals surface area contributed by atoms with Gasteiger partial charge in [-0.3, -0.25) is 0 Å². The number of hydrogen-bond donors (Lipinski definition) is 1. The van der Waals surface area contributed by atoms with Crippen LogP contribution in [0.25, 0.3) is 11.0 Å². The first kappa shape index (κ1) is 20.9. The third-order valence-corrected chi connectivity index (χ3v) is 5.32. The SMILES string of the molecule is CCCCOc1ccc(NC(=O)N2CCC(Oc3cnc4ccccc4n3)CC2)cc1. The first-order valence-corrected chi connectivity index (χ1v) is 10.9. The smallest absolute Gasteiger partial charge is 0.321 e. The van der Waals surface area contributed by atoms with Crippen molar-refractivity contribution in [3.05, 3.63) is 54.7 Å². The highest BCUT2D eigenvalue weighted by Crippen LogP contribution is 2.21. The standard InChI is InChI=1S/C24H28N4O3/c1-2-3-16-30-19-10-8-18(9-11-19)26-24(29)28-14-12-20(13-15-28)31-23-17-25-21-6-4-5-7-22(21)27-23/h4-11,17,20H,2-3,12-16H2,1H3,(H,26,29). The van der Waals surface area contributed by atoms with Gasteiger partial charge in [-0.1, -0.05) is 25.5 Å². The van der Waals surface area contributed by atoms with Crippen LogP contribution in [-0.4, -0.2) is 46.7 Å². The van der Waals surface area contributed by atoms with Crippen molar-refractivity contribution >= 4 is 22.8 Å². The molecule has 1 saturated heterocycles. The fourth-order valence-corrected chi connectivity index (χ4v) is 3.52.